The van der Waals surface area contributed by atoms with Crippen molar-refractivity contribution in [3.05, 3.63) is 12.1 Å². The molecule has 1 rings (SSSR count). The molecule has 22 heavy (non-hydrogen) atoms. The quantitative estimate of drug-likeness (QED) is 0.780. The normalized spacial score (nSPS) is 9.36. The average molecular weight is 311 g/mol. The van der Waals surface area contributed by atoms with Crippen molar-refractivity contribution in [3.8, 4) is 0 Å². The second-order valence-electron chi connectivity index (χ2n) is 4.23. The summed E-state index contributed by atoms with van der Waals surface area (Å²) in [6, 6.07) is 3.67. The third kappa shape index (κ3) is 6.60. The van der Waals surface area contributed by atoms with Gasteiger partial charge in [-0.05, 0) is 32.4 Å². The zero-order chi connectivity index (χ0) is 17.0. The predicted octanol–water partition coefficient (Wildman–Crippen LogP) is 3.15. The maximum Gasteiger partial charge on any atom is 0.428 e. The minimum Gasteiger partial charge on any atom is -0.449 e. The summed E-state index contributed by atoms with van der Waals surface area (Å²) in [5.74, 6) is 1.33. The summed E-state index contributed by atoms with van der Waals surface area (Å²) < 4.78 is 4.86. The standard InChI is InChI=1S/C13H23N5O2.C2H6/c1-5-10-18(6-2)12-9-8-11(14-15-12)16-17(4)13(19)20-7-3;1-2/h8-9H,5-7,10H2,1-4H3,(H,14,16);1-2H3. The molecule has 1 aromatic heterocycles. The molecule has 1 N–H and O–H groups in total. The number of carbonyl (C=O) groups is 1. The molecule has 0 saturated carbocycles. The molecule has 1 aromatic rings. The van der Waals surface area contributed by atoms with Gasteiger partial charge in [0, 0.05) is 20.1 Å². The minimum atomic E-state index is -0.459. The Balaban J connectivity index is 0.00000211. The molecule has 0 aromatic carbocycles. The number of rotatable bonds is 7. The summed E-state index contributed by atoms with van der Waals surface area (Å²) in [5, 5.41) is 9.45. The Bertz CT molecular complexity index is 411. The molecule has 0 radical (unpaired) electrons. The number of hydrazine groups is 1. The highest BCUT2D eigenvalue weighted by Crippen LogP contribution is 2.12. The van der Waals surface area contributed by atoms with Gasteiger partial charge < -0.3 is 9.64 Å². The summed E-state index contributed by atoms with van der Waals surface area (Å²) >= 11 is 0. The highest BCUT2D eigenvalue weighted by molar-refractivity contribution is 5.68. The Kier molecular flexibility index (Phi) is 10.5. The van der Waals surface area contributed by atoms with Gasteiger partial charge in [-0.15, -0.1) is 10.2 Å². The first-order chi connectivity index (χ1) is 10.6. The molecule has 1 heterocycles. The number of hydrogen-bond donors (Lipinski definition) is 1. The number of ether oxygens (including phenoxy) is 1. The molecule has 0 bridgehead atoms. The lowest BCUT2D eigenvalue weighted by Gasteiger charge is -2.21. The van der Waals surface area contributed by atoms with E-state index in [9.17, 15) is 4.79 Å². The second kappa shape index (κ2) is 11.6. The number of anilines is 2. The Labute approximate surface area is 133 Å². The van der Waals surface area contributed by atoms with Crippen LogP contribution < -0.4 is 10.3 Å². The van der Waals surface area contributed by atoms with Gasteiger partial charge in [0.25, 0.3) is 0 Å². The Morgan fingerprint density at radius 3 is 2.36 bits per heavy atom. The molecule has 7 heteroatoms. The van der Waals surface area contributed by atoms with Crippen molar-refractivity contribution in [2.24, 2.45) is 0 Å². The number of hydrogen-bond acceptors (Lipinski definition) is 6. The zero-order valence-electron chi connectivity index (χ0n) is 14.6. The van der Waals surface area contributed by atoms with Crippen LogP contribution in [0.1, 0.15) is 41.0 Å². The van der Waals surface area contributed by atoms with Crippen LogP contribution in [0.3, 0.4) is 0 Å². The maximum atomic E-state index is 11.4. The van der Waals surface area contributed by atoms with Gasteiger partial charge in [0.15, 0.2) is 11.6 Å². The fourth-order valence-corrected chi connectivity index (χ4v) is 1.70. The van der Waals surface area contributed by atoms with Crippen molar-refractivity contribution in [3.63, 3.8) is 0 Å². The lowest BCUT2D eigenvalue weighted by molar-refractivity contribution is 0.123. The van der Waals surface area contributed by atoms with Gasteiger partial charge in [0.1, 0.15) is 0 Å². The summed E-state index contributed by atoms with van der Waals surface area (Å²) in [6.07, 6.45) is 0.598. The van der Waals surface area contributed by atoms with Crippen LogP contribution in [0.2, 0.25) is 0 Å². The third-order valence-corrected chi connectivity index (χ3v) is 2.67. The molecule has 7 nitrogen and oxygen atoms in total. The first-order valence-electron chi connectivity index (χ1n) is 7.88. The van der Waals surface area contributed by atoms with Crippen LogP contribution in [-0.4, -0.2) is 48.0 Å². The monoisotopic (exact) mass is 311 g/mol. The van der Waals surface area contributed by atoms with Crippen LogP contribution in [-0.2, 0) is 4.74 Å². The van der Waals surface area contributed by atoms with Gasteiger partial charge in [-0.3, -0.25) is 5.43 Å². The topological polar surface area (TPSA) is 70.6 Å². The Hall–Kier alpha value is -2.05. The highest BCUT2D eigenvalue weighted by Gasteiger charge is 2.10. The number of aromatic nitrogens is 2. The van der Waals surface area contributed by atoms with Crippen molar-refractivity contribution in [2.75, 3.05) is 37.1 Å². The molecule has 126 valence electrons. The van der Waals surface area contributed by atoms with E-state index >= 15 is 0 Å². The van der Waals surface area contributed by atoms with E-state index in [0.717, 1.165) is 25.3 Å². The largest absolute Gasteiger partial charge is 0.449 e. The lowest BCUT2D eigenvalue weighted by Crippen LogP contribution is -2.33. The molecule has 0 aliphatic heterocycles. The molecular formula is C15H29N5O2. The fourth-order valence-electron chi connectivity index (χ4n) is 1.70. The Morgan fingerprint density at radius 2 is 1.91 bits per heavy atom. The van der Waals surface area contributed by atoms with E-state index in [4.69, 9.17) is 4.74 Å². The van der Waals surface area contributed by atoms with Crippen molar-refractivity contribution < 1.29 is 9.53 Å². The number of amides is 1. The van der Waals surface area contributed by atoms with E-state index in [1.54, 1.807) is 20.0 Å². The molecule has 0 saturated heterocycles. The van der Waals surface area contributed by atoms with E-state index in [1.807, 2.05) is 19.9 Å². The minimum absolute atomic E-state index is 0.331. The van der Waals surface area contributed by atoms with E-state index in [1.165, 1.54) is 5.01 Å². The summed E-state index contributed by atoms with van der Waals surface area (Å²) in [4.78, 5) is 13.6. The summed E-state index contributed by atoms with van der Waals surface area (Å²) in [6.45, 7) is 12.1. The zero-order valence-corrected chi connectivity index (χ0v) is 14.6. The SMILES string of the molecule is CC.CCCN(CC)c1ccc(NN(C)C(=O)OCC)nn1. The van der Waals surface area contributed by atoms with Crippen LogP contribution in [0.15, 0.2) is 12.1 Å². The smallest absolute Gasteiger partial charge is 0.428 e. The van der Waals surface area contributed by atoms with Crippen LogP contribution in [0.5, 0.6) is 0 Å². The van der Waals surface area contributed by atoms with Crippen LogP contribution in [0.25, 0.3) is 0 Å². The molecule has 0 atom stereocenters. The second-order valence-corrected chi connectivity index (χ2v) is 4.23. The van der Waals surface area contributed by atoms with Crippen molar-refractivity contribution >= 4 is 17.7 Å². The molecular weight excluding hydrogens is 282 g/mol. The van der Waals surface area contributed by atoms with Crippen molar-refractivity contribution in [2.45, 2.75) is 41.0 Å². The van der Waals surface area contributed by atoms with Gasteiger partial charge in [-0.25, -0.2) is 9.80 Å². The van der Waals surface area contributed by atoms with Gasteiger partial charge in [0.05, 0.1) is 6.61 Å². The molecule has 0 spiro atoms. The fraction of sp³-hybridized carbons (Fsp3) is 0.667. The number of nitrogens with zero attached hydrogens (tertiary/aromatic N) is 4. The maximum absolute atomic E-state index is 11.4. The number of carbonyl (C=O) groups excluding carboxylic acids is 1. The van der Waals surface area contributed by atoms with E-state index in [2.05, 4.69) is 34.4 Å². The predicted molar refractivity (Wildman–Crippen MR) is 90.0 cm³/mol. The van der Waals surface area contributed by atoms with Gasteiger partial charge in [-0.1, -0.05) is 20.8 Å². The van der Waals surface area contributed by atoms with E-state index in [0.29, 0.717) is 12.4 Å². The van der Waals surface area contributed by atoms with Crippen molar-refractivity contribution in [1.29, 1.82) is 0 Å². The van der Waals surface area contributed by atoms with Crippen LogP contribution in [0, 0.1) is 0 Å². The van der Waals surface area contributed by atoms with Gasteiger partial charge in [0.2, 0.25) is 0 Å². The Morgan fingerprint density at radius 1 is 1.23 bits per heavy atom. The number of nitrogens with one attached hydrogen (secondary N) is 1. The van der Waals surface area contributed by atoms with Gasteiger partial charge >= 0.3 is 6.09 Å². The van der Waals surface area contributed by atoms with Crippen LogP contribution in [0.4, 0.5) is 16.4 Å². The van der Waals surface area contributed by atoms with E-state index < -0.39 is 6.09 Å². The molecule has 0 aliphatic carbocycles. The highest BCUT2D eigenvalue weighted by atomic mass is 16.6. The molecule has 0 fully saturated rings. The molecule has 0 aliphatic rings. The average Bonchev–Trinajstić information content (AvgIpc) is 2.55. The first kappa shape index (κ1) is 19.9. The third-order valence-electron chi connectivity index (χ3n) is 2.67. The lowest BCUT2D eigenvalue weighted by atomic mass is 10.4. The van der Waals surface area contributed by atoms with Gasteiger partial charge in [-0.2, -0.15) is 0 Å². The summed E-state index contributed by atoms with van der Waals surface area (Å²) in [7, 11) is 1.57. The van der Waals surface area contributed by atoms with Crippen LogP contribution >= 0.6 is 0 Å². The van der Waals surface area contributed by atoms with Crippen molar-refractivity contribution in [1.82, 2.24) is 15.2 Å². The first-order valence-corrected chi connectivity index (χ1v) is 7.88. The van der Waals surface area contributed by atoms with E-state index in [-0.39, 0.29) is 0 Å². The molecule has 0 unspecified atom stereocenters. The summed E-state index contributed by atoms with van der Waals surface area (Å²) in [5.41, 5.74) is 2.81. The molecule has 1 amide bonds.